The van der Waals surface area contributed by atoms with Crippen LogP contribution in [0.25, 0.3) is 11.0 Å². The lowest BCUT2D eigenvalue weighted by molar-refractivity contribution is -0.146. The van der Waals surface area contributed by atoms with Gasteiger partial charge in [-0.3, -0.25) is 14.4 Å². The first-order valence-corrected chi connectivity index (χ1v) is 9.69. The minimum atomic E-state index is -0.526. The van der Waals surface area contributed by atoms with E-state index in [1.807, 2.05) is 32.9 Å². The van der Waals surface area contributed by atoms with Crippen molar-refractivity contribution in [1.82, 2.24) is 5.32 Å². The largest absolute Gasteiger partial charge is 0.464 e. The van der Waals surface area contributed by atoms with Gasteiger partial charge < -0.3 is 19.8 Å². The number of hydrogen-bond donors (Lipinski definition) is 2. The molecular weight excluding hydrogens is 384 g/mol. The molecule has 0 saturated heterocycles. The fraction of sp³-hybridized carbons (Fsp3) is 0.261. The third kappa shape index (κ3) is 4.86. The van der Waals surface area contributed by atoms with Gasteiger partial charge >= 0.3 is 5.97 Å². The Kier molecular flexibility index (Phi) is 6.51. The Bertz CT molecular complexity index is 1100. The number of rotatable bonds is 7. The first-order valence-electron chi connectivity index (χ1n) is 9.69. The Morgan fingerprint density at radius 1 is 1.10 bits per heavy atom. The van der Waals surface area contributed by atoms with E-state index < -0.39 is 18.5 Å². The molecule has 2 aromatic carbocycles. The molecule has 0 aliphatic heterocycles. The Hall–Kier alpha value is -3.61. The van der Waals surface area contributed by atoms with Gasteiger partial charge in [0.2, 0.25) is 0 Å². The topological polar surface area (TPSA) is 97.6 Å². The van der Waals surface area contributed by atoms with Crippen LogP contribution in [0.5, 0.6) is 0 Å². The fourth-order valence-corrected chi connectivity index (χ4v) is 3.08. The summed E-state index contributed by atoms with van der Waals surface area (Å²) in [5.74, 6) is -1.24. The van der Waals surface area contributed by atoms with Crippen molar-refractivity contribution in [2.75, 3.05) is 18.5 Å². The summed E-state index contributed by atoms with van der Waals surface area (Å²) in [4.78, 5) is 36.2. The SMILES string of the molecule is CCNC(=O)c1cccc(NC(=O)COC(=O)Cc2coc3c(C)c(C)ccc23)c1. The normalized spacial score (nSPS) is 10.6. The molecule has 0 fully saturated rings. The van der Waals surface area contributed by atoms with Crippen LogP contribution in [0.3, 0.4) is 0 Å². The van der Waals surface area contributed by atoms with Crippen LogP contribution in [0.4, 0.5) is 5.69 Å². The van der Waals surface area contributed by atoms with E-state index in [4.69, 9.17) is 9.15 Å². The molecule has 0 atom stereocenters. The molecule has 0 spiro atoms. The molecule has 0 radical (unpaired) electrons. The van der Waals surface area contributed by atoms with E-state index in [0.717, 1.165) is 22.1 Å². The zero-order chi connectivity index (χ0) is 21.7. The third-order valence-corrected chi connectivity index (χ3v) is 4.79. The Morgan fingerprint density at radius 2 is 1.90 bits per heavy atom. The molecule has 3 rings (SSSR count). The maximum Gasteiger partial charge on any atom is 0.310 e. The molecule has 0 bridgehead atoms. The number of benzene rings is 2. The summed E-state index contributed by atoms with van der Waals surface area (Å²) in [6.45, 7) is 5.88. The molecule has 2 N–H and O–H groups in total. The highest BCUT2D eigenvalue weighted by molar-refractivity contribution is 5.98. The average Bonchev–Trinajstić information content (AvgIpc) is 3.13. The van der Waals surface area contributed by atoms with Crippen LogP contribution >= 0.6 is 0 Å². The van der Waals surface area contributed by atoms with Crippen molar-refractivity contribution < 1.29 is 23.5 Å². The summed E-state index contributed by atoms with van der Waals surface area (Å²) in [6.07, 6.45) is 1.56. The summed E-state index contributed by atoms with van der Waals surface area (Å²) in [5, 5.41) is 6.18. The Labute approximate surface area is 174 Å². The van der Waals surface area contributed by atoms with Crippen molar-refractivity contribution in [1.29, 1.82) is 0 Å². The van der Waals surface area contributed by atoms with Crippen molar-refractivity contribution >= 4 is 34.4 Å². The third-order valence-electron chi connectivity index (χ3n) is 4.79. The maximum atomic E-state index is 12.2. The number of carbonyl (C=O) groups is 3. The van der Waals surface area contributed by atoms with Crippen LogP contribution in [0.15, 0.2) is 47.1 Å². The van der Waals surface area contributed by atoms with Crippen molar-refractivity contribution in [2.45, 2.75) is 27.2 Å². The van der Waals surface area contributed by atoms with Crippen LogP contribution in [0.2, 0.25) is 0 Å². The lowest BCUT2D eigenvalue weighted by Gasteiger charge is -2.08. The van der Waals surface area contributed by atoms with Gasteiger partial charge in [-0.1, -0.05) is 18.2 Å². The number of carbonyl (C=O) groups excluding carboxylic acids is 3. The standard InChI is InChI=1S/C23H24N2O5/c1-4-24-23(28)16-6-5-7-18(10-16)25-20(26)13-29-21(27)11-17-12-30-22-15(3)14(2)8-9-19(17)22/h5-10,12H,4,11,13H2,1-3H3,(H,24,28)(H,25,26). The lowest BCUT2D eigenvalue weighted by Crippen LogP contribution is -2.24. The molecule has 0 aliphatic rings. The van der Waals surface area contributed by atoms with E-state index in [0.29, 0.717) is 23.4 Å². The van der Waals surface area contributed by atoms with Crippen molar-refractivity contribution in [3.05, 3.63) is 64.9 Å². The highest BCUT2D eigenvalue weighted by Gasteiger charge is 2.15. The number of hydrogen-bond acceptors (Lipinski definition) is 5. The van der Waals surface area contributed by atoms with E-state index in [1.165, 1.54) is 0 Å². The molecule has 0 aliphatic carbocycles. The second kappa shape index (κ2) is 9.26. The Morgan fingerprint density at radius 3 is 2.67 bits per heavy atom. The van der Waals surface area contributed by atoms with Gasteiger partial charge in [-0.15, -0.1) is 0 Å². The average molecular weight is 408 g/mol. The number of anilines is 1. The molecule has 156 valence electrons. The first kappa shape index (κ1) is 21.1. The predicted octanol–water partition coefficient (Wildman–Crippen LogP) is 3.52. The Balaban J connectivity index is 1.55. The van der Waals surface area contributed by atoms with Crippen LogP contribution in [0, 0.1) is 13.8 Å². The van der Waals surface area contributed by atoms with E-state index in [1.54, 1.807) is 30.5 Å². The van der Waals surface area contributed by atoms with Crippen LogP contribution in [-0.2, 0) is 20.7 Å². The molecule has 1 aromatic heterocycles. The molecule has 2 amide bonds. The van der Waals surface area contributed by atoms with Gasteiger partial charge in [-0.25, -0.2) is 0 Å². The number of furan rings is 1. The molecule has 30 heavy (non-hydrogen) atoms. The predicted molar refractivity (Wildman–Crippen MR) is 113 cm³/mol. The van der Waals surface area contributed by atoms with Crippen molar-refractivity contribution in [3.63, 3.8) is 0 Å². The van der Waals surface area contributed by atoms with Gasteiger partial charge in [0.05, 0.1) is 12.7 Å². The molecule has 7 nitrogen and oxygen atoms in total. The van der Waals surface area contributed by atoms with Gasteiger partial charge in [-0.2, -0.15) is 0 Å². The summed E-state index contributed by atoms with van der Waals surface area (Å²) in [6, 6.07) is 10.4. The summed E-state index contributed by atoms with van der Waals surface area (Å²) in [5.41, 5.74) is 4.49. The maximum absolute atomic E-state index is 12.2. The zero-order valence-corrected chi connectivity index (χ0v) is 17.2. The van der Waals surface area contributed by atoms with Gasteiger partial charge in [0.1, 0.15) is 5.58 Å². The van der Waals surface area contributed by atoms with Crippen molar-refractivity contribution in [3.8, 4) is 0 Å². The summed E-state index contributed by atoms with van der Waals surface area (Å²) >= 11 is 0. The first-order chi connectivity index (χ1) is 14.4. The number of aryl methyl sites for hydroxylation is 2. The summed E-state index contributed by atoms with van der Waals surface area (Å²) < 4.78 is 10.7. The van der Waals surface area contributed by atoms with Gasteiger partial charge in [-0.05, 0) is 50.1 Å². The second-order valence-electron chi connectivity index (χ2n) is 6.97. The van der Waals surface area contributed by atoms with E-state index in [-0.39, 0.29) is 12.3 Å². The zero-order valence-electron chi connectivity index (χ0n) is 17.2. The van der Waals surface area contributed by atoms with Gasteiger partial charge in [0.15, 0.2) is 6.61 Å². The van der Waals surface area contributed by atoms with Crippen LogP contribution in [0.1, 0.15) is 34.0 Å². The number of amides is 2. The smallest absolute Gasteiger partial charge is 0.310 e. The highest BCUT2D eigenvalue weighted by atomic mass is 16.5. The monoisotopic (exact) mass is 408 g/mol. The highest BCUT2D eigenvalue weighted by Crippen LogP contribution is 2.26. The van der Waals surface area contributed by atoms with Gasteiger partial charge in [0.25, 0.3) is 11.8 Å². The molecule has 1 heterocycles. The lowest BCUT2D eigenvalue weighted by atomic mass is 10.0. The van der Waals surface area contributed by atoms with Crippen LogP contribution < -0.4 is 10.6 Å². The quantitative estimate of drug-likeness (QED) is 0.583. The van der Waals surface area contributed by atoms with E-state index >= 15 is 0 Å². The minimum absolute atomic E-state index is 0.00938. The van der Waals surface area contributed by atoms with Crippen molar-refractivity contribution in [2.24, 2.45) is 0 Å². The molecule has 7 heteroatoms. The van der Waals surface area contributed by atoms with E-state index in [2.05, 4.69) is 10.6 Å². The molecule has 0 unspecified atom stereocenters. The fourth-order valence-electron chi connectivity index (χ4n) is 3.08. The number of ether oxygens (including phenoxy) is 1. The molecular formula is C23H24N2O5. The van der Waals surface area contributed by atoms with Crippen LogP contribution in [-0.4, -0.2) is 30.9 Å². The number of nitrogens with one attached hydrogen (secondary N) is 2. The second-order valence-corrected chi connectivity index (χ2v) is 6.97. The minimum Gasteiger partial charge on any atom is -0.464 e. The summed E-state index contributed by atoms with van der Waals surface area (Å²) in [7, 11) is 0. The number of fused-ring (bicyclic) bond motifs is 1. The van der Waals surface area contributed by atoms with E-state index in [9.17, 15) is 14.4 Å². The van der Waals surface area contributed by atoms with Gasteiger partial charge in [0, 0.05) is 28.7 Å². The molecule has 3 aromatic rings. The number of esters is 1. The molecule has 0 saturated carbocycles.